The van der Waals surface area contributed by atoms with E-state index in [9.17, 15) is 8.42 Å². The fourth-order valence-electron chi connectivity index (χ4n) is 5.68. The molecule has 5 aromatic rings. The third-order valence-electron chi connectivity index (χ3n) is 7.90. The number of hydrogen-bond acceptors (Lipinski definition) is 7. The van der Waals surface area contributed by atoms with Crippen molar-refractivity contribution in [2.24, 2.45) is 5.14 Å². The SMILES string of the molecule is CCCCc1ccccc1S(N)(=O)=O.COc1ccc(Oc2ccccc2-c2cn(C3CCCC3)c3ncnc(N)c23)cc1. The average Bonchev–Trinajstić information content (AvgIpc) is 3.70. The molecule has 44 heavy (non-hydrogen) atoms. The maximum Gasteiger partial charge on any atom is 0.238 e. The van der Waals surface area contributed by atoms with Gasteiger partial charge in [0.2, 0.25) is 10.0 Å². The van der Waals surface area contributed by atoms with Crippen LogP contribution in [0.4, 0.5) is 5.82 Å². The van der Waals surface area contributed by atoms with E-state index >= 15 is 0 Å². The molecule has 0 unspecified atom stereocenters. The van der Waals surface area contributed by atoms with Gasteiger partial charge in [-0.05, 0) is 67.6 Å². The minimum atomic E-state index is -3.56. The van der Waals surface area contributed by atoms with Crippen LogP contribution in [-0.2, 0) is 16.4 Å². The number of aromatic nitrogens is 3. The van der Waals surface area contributed by atoms with Crippen molar-refractivity contribution in [2.75, 3.05) is 12.8 Å². The molecule has 2 aromatic heterocycles. The van der Waals surface area contributed by atoms with Crippen molar-refractivity contribution in [3.8, 4) is 28.4 Å². The number of hydrogen-bond donors (Lipinski definition) is 2. The summed E-state index contributed by atoms with van der Waals surface area (Å²) in [6, 6.07) is 22.9. The summed E-state index contributed by atoms with van der Waals surface area (Å²) >= 11 is 0. The highest BCUT2D eigenvalue weighted by Gasteiger charge is 2.24. The van der Waals surface area contributed by atoms with E-state index in [1.165, 1.54) is 12.8 Å². The van der Waals surface area contributed by atoms with Crippen LogP contribution < -0.4 is 20.3 Å². The molecule has 2 heterocycles. The van der Waals surface area contributed by atoms with Crippen molar-refractivity contribution < 1.29 is 17.9 Å². The van der Waals surface area contributed by atoms with Gasteiger partial charge in [-0.25, -0.2) is 23.5 Å². The third-order valence-corrected chi connectivity index (χ3v) is 8.91. The van der Waals surface area contributed by atoms with Crippen molar-refractivity contribution in [1.29, 1.82) is 0 Å². The first-order valence-electron chi connectivity index (χ1n) is 14.9. The van der Waals surface area contributed by atoms with E-state index in [-0.39, 0.29) is 4.90 Å². The van der Waals surface area contributed by atoms with E-state index in [0.717, 1.165) is 77.1 Å². The number of ether oxygens (including phenoxy) is 2. The fraction of sp³-hybridized carbons (Fsp3) is 0.294. The van der Waals surface area contributed by atoms with Crippen LogP contribution >= 0.6 is 0 Å². The molecule has 0 spiro atoms. The average molecular weight is 614 g/mol. The van der Waals surface area contributed by atoms with Crippen molar-refractivity contribution in [3.63, 3.8) is 0 Å². The zero-order chi connectivity index (χ0) is 31.1. The van der Waals surface area contributed by atoms with Gasteiger partial charge < -0.3 is 19.8 Å². The van der Waals surface area contributed by atoms with Gasteiger partial charge in [0.1, 0.15) is 35.0 Å². The zero-order valence-corrected chi connectivity index (χ0v) is 26.0. The maximum absolute atomic E-state index is 11.2. The second-order valence-corrected chi connectivity index (χ2v) is 12.4. The molecule has 1 fully saturated rings. The second-order valence-electron chi connectivity index (χ2n) is 10.9. The van der Waals surface area contributed by atoms with E-state index < -0.39 is 10.0 Å². The van der Waals surface area contributed by atoms with Crippen LogP contribution in [0.15, 0.2) is 90.2 Å². The summed E-state index contributed by atoms with van der Waals surface area (Å²) in [7, 11) is -1.91. The lowest BCUT2D eigenvalue weighted by atomic mass is 10.0. The molecule has 1 aliphatic rings. The van der Waals surface area contributed by atoms with Crippen molar-refractivity contribution in [3.05, 3.63) is 90.9 Å². The Balaban J connectivity index is 0.000000232. The number of para-hydroxylation sites is 1. The monoisotopic (exact) mass is 613 g/mol. The molecule has 3 aromatic carbocycles. The first-order valence-corrected chi connectivity index (χ1v) is 16.5. The smallest absolute Gasteiger partial charge is 0.238 e. The molecule has 230 valence electrons. The minimum absolute atomic E-state index is 0.258. The Labute approximate surface area is 258 Å². The number of fused-ring (bicyclic) bond motifs is 1. The number of rotatable bonds is 9. The molecule has 0 amide bonds. The molecule has 0 bridgehead atoms. The van der Waals surface area contributed by atoms with E-state index in [0.29, 0.717) is 11.9 Å². The maximum atomic E-state index is 11.2. The van der Waals surface area contributed by atoms with Gasteiger partial charge in [0, 0.05) is 23.4 Å². The molecule has 0 aliphatic heterocycles. The molecule has 0 radical (unpaired) electrons. The van der Waals surface area contributed by atoms with E-state index in [4.69, 9.17) is 20.3 Å². The summed E-state index contributed by atoms with van der Waals surface area (Å²) in [5, 5.41) is 5.99. The lowest BCUT2D eigenvalue weighted by Crippen LogP contribution is -2.14. The van der Waals surface area contributed by atoms with Crippen LogP contribution in [-0.4, -0.2) is 30.1 Å². The molecule has 1 aliphatic carbocycles. The molecule has 0 saturated heterocycles. The van der Waals surface area contributed by atoms with Crippen molar-refractivity contribution in [2.45, 2.75) is 62.8 Å². The quantitative estimate of drug-likeness (QED) is 0.178. The van der Waals surface area contributed by atoms with Gasteiger partial charge in [-0.1, -0.05) is 62.6 Å². The largest absolute Gasteiger partial charge is 0.497 e. The topological polar surface area (TPSA) is 135 Å². The normalized spacial score (nSPS) is 13.4. The minimum Gasteiger partial charge on any atom is -0.497 e. The number of unbranched alkanes of at least 4 members (excludes halogenated alkanes) is 1. The van der Waals surface area contributed by atoms with Gasteiger partial charge in [0.25, 0.3) is 0 Å². The molecule has 9 nitrogen and oxygen atoms in total. The number of sulfonamides is 1. The number of primary sulfonamides is 1. The molecular weight excluding hydrogens is 574 g/mol. The molecule has 6 rings (SSSR count). The number of nitrogens with zero attached hydrogens (tertiary/aromatic N) is 3. The number of aryl methyl sites for hydroxylation is 1. The van der Waals surface area contributed by atoms with Crippen LogP contribution in [0.1, 0.15) is 57.1 Å². The van der Waals surface area contributed by atoms with Crippen LogP contribution in [0.5, 0.6) is 17.2 Å². The standard InChI is InChI=1S/C24H24N4O2.C10H15NO2S/c1-29-17-10-12-18(13-11-17)30-21-9-5-4-8-19(21)20-14-28(16-6-2-3-7-16)24-22(20)23(25)26-15-27-24;1-2-3-6-9-7-4-5-8-10(9)14(11,12)13/h4-5,8-16H,2-3,6-7H2,1H3,(H2,25,26,27);4-5,7-8H,2-3,6H2,1H3,(H2,11,12,13). The Morgan fingerprint density at radius 2 is 1.59 bits per heavy atom. The fourth-order valence-corrected chi connectivity index (χ4v) is 6.48. The number of nitrogen functional groups attached to an aromatic ring is 1. The van der Waals surface area contributed by atoms with Gasteiger partial charge in [0.15, 0.2) is 0 Å². The number of methoxy groups -OCH3 is 1. The van der Waals surface area contributed by atoms with Gasteiger partial charge in [-0.15, -0.1) is 0 Å². The lowest BCUT2D eigenvalue weighted by Gasteiger charge is -2.12. The summed E-state index contributed by atoms with van der Waals surface area (Å²) < 4.78 is 36.1. The number of nitrogens with two attached hydrogens (primary N) is 2. The summed E-state index contributed by atoms with van der Waals surface area (Å²) in [6.45, 7) is 2.07. The van der Waals surface area contributed by atoms with Gasteiger partial charge in [-0.3, -0.25) is 0 Å². The number of benzene rings is 3. The molecule has 10 heteroatoms. The predicted octanol–water partition coefficient (Wildman–Crippen LogP) is 7.27. The zero-order valence-electron chi connectivity index (χ0n) is 25.1. The van der Waals surface area contributed by atoms with Gasteiger partial charge >= 0.3 is 0 Å². The second kappa shape index (κ2) is 13.9. The highest BCUT2D eigenvalue weighted by Crippen LogP contribution is 2.42. The molecule has 0 atom stereocenters. The first-order chi connectivity index (χ1) is 21.3. The predicted molar refractivity (Wildman–Crippen MR) is 174 cm³/mol. The molecule has 1 saturated carbocycles. The molecule has 4 N–H and O–H groups in total. The molecular formula is C34H39N5O4S. The van der Waals surface area contributed by atoms with Gasteiger partial charge in [0.05, 0.1) is 17.4 Å². The number of anilines is 1. The van der Waals surface area contributed by atoms with Crippen molar-refractivity contribution in [1.82, 2.24) is 14.5 Å². The third kappa shape index (κ3) is 7.03. The first kappa shape index (κ1) is 31.0. The summed E-state index contributed by atoms with van der Waals surface area (Å²) in [6.07, 6.45) is 11.3. The van der Waals surface area contributed by atoms with Crippen LogP contribution in [0.3, 0.4) is 0 Å². The lowest BCUT2D eigenvalue weighted by molar-refractivity contribution is 0.413. The van der Waals surface area contributed by atoms with Gasteiger partial charge in [-0.2, -0.15) is 0 Å². The van der Waals surface area contributed by atoms with Crippen LogP contribution in [0.2, 0.25) is 0 Å². The Hall–Kier alpha value is -4.41. The van der Waals surface area contributed by atoms with Crippen LogP contribution in [0.25, 0.3) is 22.2 Å². The summed E-state index contributed by atoms with van der Waals surface area (Å²) in [4.78, 5) is 9.11. The highest BCUT2D eigenvalue weighted by atomic mass is 32.2. The Morgan fingerprint density at radius 1 is 0.909 bits per heavy atom. The Bertz CT molecular complexity index is 1810. The Kier molecular flexibility index (Phi) is 9.82. The highest BCUT2D eigenvalue weighted by molar-refractivity contribution is 7.89. The Morgan fingerprint density at radius 3 is 2.30 bits per heavy atom. The van der Waals surface area contributed by atoms with Crippen LogP contribution in [0, 0.1) is 0 Å². The van der Waals surface area contributed by atoms with Crippen molar-refractivity contribution >= 4 is 26.9 Å². The van der Waals surface area contributed by atoms with E-state index in [2.05, 4.69) is 33.7 Å². The summed E-state index contributed by atoms with van der Waals surface area (Å²) in [5.74, 6) is 2.79. The summed E-state index contributed by atoms with van der Waals surface area (Å²) in [5.41, 5.74) is 10.00. The van der Waals surface area contributed by atoms with E-state index in [1.807, 2.05) is 54.6 Å². The van der Waals surface area contributed by atoms with E-state index in [1.54, 1.807) is 25.6 Å².